The van der Waals surface area contributed by atoms with Gasteiger partial charge in [-0.05, 0) is 35.4 Å². The van der Waals surface area contributed by atoms with Crippen molar-refractivity contribution in [3.05, 3.63) is 42.0 Å². The number of benzene rings is 2. The Morgan fingerprint density at radius 2 is 1.57 bits per heavy atom. The molecule has 0 spiro atoms. The van der Waals surface area contributed by atoms with Crippen LogP contribution in [0.25, 0.3) is 11.1 Å². The Morgan fingerprint density at radius 1 is 0.905 bits per heavy atom. The van der Waals surface area contributed by atoms with Crippen LogP contribution in [0.1, 0.15) is 10.4 Å². The minimum Gasteiger partial charge on any atom is -0.497 e. The molecule has 0 amide bonds. The first kappa shape index (κ1) is 14.7. The van der Waals surface area contributed by atoms with Crippen LogP contribution in [0, 0.1) is 0 Å². The monoisotopic (exact) mass is 288 g/mol. The van der Waals surface area contributed by atoms with Gasteiger partial charge in [0.25, 0.3) is 0 Å². The summed E-state index contributed by atoms with van der Waals surface area (Å²) in [6.45, 7) is 0. The van der Waals surface area contributed by atoms with E-state index in [1.807, 2.05) is 24.3 Å². The highest BCUT2D eigenvalue weighted by Gasteiger charge is 2.18. The first-order chi connectivity index (χ1) is 10.1. The van der Waals surface area contributed by atoms with Crippen LogP contribution >= 0.6 is 0 Å². The average molecular weight is 288 g/mol. The van der Waals surface area contributed by atoms with Crippen molar-refractivity contribution in [2.45, 2.75) is 0 Å². The number of rotatable bonds is 5. The van der Waals surface area contributed by atoms with Crippen LogP contribution in [0.3, 0.4) is 0 Å². The largest absolute Gasteiger partial charge is 0.497 e. The topological polar surface area (TPSA) is 65.0 Å². The van der Waals surface area contributed by atoms with Crippen molar-refractivity contribution in [1.29, 1.82) is 0 Å². The molecule has 2 rings (SSSR count). The van der Waals surface area contributed by atoms with Crippen molar-refractivity contribution in [2.75, 3.05) is 21.3 Å². The molecule has 0 aliphatic carbocycles. The molecule has 0 heterocycles. The van der Waals surface area contributed by atoms with Crippen LogP contribution in [0.2, 0.25) is 0 Å². The van der Waals surface area contributed by atoms with Crippen molar-refractivity contribution < 1.29 is 24.1 Å². The molecule has 0 saturated carbocycles. The highest BCUT2D eigenvalue weighted by atomic mass is 16.5. The summed E-state index contributed by atoms with van der Waals surface area (Å²) < 4.78 is 15.5. The minimum absolute atomic E-state index is 0.0580. The summed E-state index contributed by atoms with van der Waals surface area (Å²) in [5.74, 6) is 0.253. The van der Waals surface area contributed by atoms with E-state index < -0.39 is 5.97 Å². The Hall–Kier alpha value is -2.69. The molecule has 5 heteroatoms. The van der Waals surface area contributed by atoms with Crippen LogP contribution in [0.4, 0.5) is 0 Å². The molecule has 2 aromatic rings. The predicted octanol–water partition coefficient (Wildman–Crippen LogP) is 3.08. The zero-order valence-corrected chi connectivity index (χ0v) is 12.0. The van der Waals surface area contributed by atoms with Gasteiger partial charge in [0, 0.05) is 0 Å². The Balaban J connectivity index is 2.57. The lowest BCUT2D eigenvalue weighted by molar-refractivity contribution is 0.0692. The smallest absolute Gasteiger partial charge is 0.339 e. The lowest BCUT2D eigenvalue weighted by Crippen LogP contribution is -2.03. The summed E-state index contributed by atoms with van der Waals surface area (Å²) in [7, 11) is 4.48. The van der Waals surface area contributed by atoms with E-state index in [-0.39, 0.29) is 11.3 Å². The fourth-order valence-electron chi connectivity index (χ4n) is 2.07. The Kier molecular flexibility index (Phi) is 4.33. The van der Waals surface area contributed by atoms with Gasteiger partial charge in [-0.3, -0.25) is 0 Å². The molecule has 2 aromatic carbocycles. The van der Waals surface area contributed by atoms with Crippen molar-refractivity contribution in [3.8, 4) is 28.4 Å². The molecule has 0 bridgehead atoms. The lowest BCUT2D eigenvalue weighted by atomic mass is 10.0. The minimum atomic E-state index is -1.07. The summed E-state index contributed by atoms with van der Waals surface area (Å²) in [5, 5.41) is 9.31. The zero-order chi connectivity index (χ0) is 15.4. The molecule has 0 atom stereocenters. The normalized spacial score (nSPS) is 10.0. The van der Waals surface area contributed by atoms with Gasteiger partial charge in [0.1, 0.15) is 11.3 Å². The molecular weight excluding hydrogens is 272 g/mol. The van der Waals surface area contributed by atoms with E-state index in [4.69, 9.17) is 14.2 Å². The standard InChI is InChI=1S/C16H16O5/c1-19-12-6-4-10(5-7-12)11-8-13(16(17)18)15(21-3)14(9-11)20-2/h4-9H,1-3H3,(H,17,18). The predicted molar refractivity (Wildman–Crippen MR) is 78.5 cm³/mol. The van der Waals surface area contributed by atoms with Crippen LogP contribution in [-0.4, -0.2) is 32.4 Å². The van der Waals surface area contributed by atoms with Crippen LogP contribution in [-0.2, 0) is 0 Å². The van der Waals surface area contributed by atoms with E-state index in [0.717, 1.165) is 16.9 Å². The molecule has 0 aliphatic rings. The number of carboxylic acid groups (broad SMARTS) is 1. The van der Waals surface area contributed by atoms with Gasteiger partial charge in [-0.25, -0.2) is 4.79 Å². The van der Waals surface area contributed by atoms with E-state index in [2.05, 4.69) is 0 Å². The molecule has 21 heavy (non-hydrogen) atoms. The third-order valence-electron chi connectivity index (χ3n) is 3.13. The van der Waals surface area contributed by atoms with Gasteiger partial charge in [0.15, 0.2) is 11.5 Å². The second kappa shape index (κ2) is 6.17. The average Bonchev–Trinajstić information content (AvgIpc) is 2.53. The second-order valence-corrected chi connectivity index (χ2v) is 4.29. The van der Waals surface area contributed by atoms with Gasteiger partial charge < -0.3 is 19.3 Å². The highest BCUT2D eigenvalue weighted by Crippen LogP contribution is 2.36. The number of carbonyl (C=O) groups is 1. The number of ether oxygens (including phenoxy) is 3. The molecule has 0 aromatic heterocycles. The number of hydrogen-bond donors (Lipinski definition) is 1. The molecule has 0 unspecified atom stereocenters. The van der Waals surface area contributed by atoms with E-state index in [0.29, 0.717) is 5.75 Å². The summed E-state index contributed by atoms with van der Waals surface area (Å²) in [6.07, 6.45) is 0. The second-order valence-electron chi connectivity index (χ2n) is 4.29. The number of carboxylic acids is 1. The van der Waals surface area contributed by atoms with Crippen molar-refractivity contribution in [2.24, 2.45) is 0 Å². The first-order valence-corrected chi connectivity index (χ1v) is 6.24. The quantitative estimate of drug-likeness (QED) is 0.916. The summed E-state index contributed by atoms with van der Waals surface area (Å²) >= 11 is 0. The molecule has 1 N–H and O–H groups in total. The van der Waals surface area contributed by atoms with Gasteiger partial charge in [0.05, 0.1) is 21.3 Å². The molecule has 0 aliphatic heterocycles. The fraction of sp³-hybridized carbons (Fsp3) is 0.188. The highest BCUT2D eigenvalue weighted by molar-refractivity contribution is 5.94. The third kappa shape index (κ3) is 2.91. The maximum atomic E-state index is 11.4. The lowest BCUT2D eigenvalue weighted by Gasteiger charge is -2.13. The van der Waals surface area contributed by atoms with Gasteiger partial charge >= 0.3 is 5.97 Å². The SMILES string of the molecule is COc1ccc(-c2cc(OC)c(OC)c(C(=O)O)c2)cc1. The molecular formula is C16H16O5. The Labute approximate surface area is 122 Å². The fourth-order valence-corrected chi connectivity index (χ4v) is 2.07. The van der Waals surface area contributed by atoms with E-state index in [1.165, 1.54) is 14.2 Å². The van der Waals surface area contributed by atoms with Gasteiger partial charge in [-0.15, -0.1) is 0 Å². The van der Waals surface area contributed by atoms with Crippen LogP contribution < -0.4 is 14.2 Å². The van der Waals surface area contributed by atoms with Crippen molar-refractivity contribution in [1.82, 2.24) is 0 Å². The van der Waals surface area contributed by atoms with Gasteiger partial charge in [-0.1, -0.05) is 12.1 Å². The number of hydrogen-bond acceptors (Lipinski definition) is 4. The summed E-state index contributed by atoms with van der Waals surface area (Å²) in [4.78, 5) is 11.4. The van der Waals surface area contributed by atoms with E-state index in [1.54, 1.807) is 19.2 Å². The molecule has 110 valence electrons. The number of methoxy groups -OCH3 is 3. The van der Waals surface area contributed by atoms with E-state index in [9.17, 15) is 9.90 Å². The Bertz CT molecular complexity index is 646. The number of aromatic carboxylic acids is 1. The molecule has 0 fully saturated rings. The maximum Gasteiger partial charge on any atom is 0.339 e. The molecule has 0 radical (unpaired) electrons. The molecule has 5 nitrogen and oxygen atoms in total. The van der Waals surface area contributed by atoms with E-state index >= 15 is 0 Å². The molecule has 0 saturated heterocycles. The van der Waals surface area contributed by atoms with Crippen LogP contribution in [0.5, 0.6) is 17.2 Å². The maximum absolute atomic E-state index is 11.4. The van der Waals surface area contributed by atoms with Crippen molar-refractivity contribution >= 4 is 5.97 Å². The van der Waals surface area contributed by atoms with Gasteiger partial charge in [0.2, 0.25) is 0 Å². The zero-order valence-electron chi connectivity index (χ0n) is 12.0. The first-order valence-electron chi connectivity index (χ1n) is 6.24. The Morgan fingerprint density at radius 3 is 2.05 bits per heavy atom. The van der Waals surface area contributed by atoms with Gasteiger partial charge in [-0.2, -0.15) is 0 Å². The van der Waals surface area contributed by atoms with Crippen LogP contribution in [0.15, 0.2) is 36.4 Å². The third-order valence-corrected chi connectivity index (χ3v) is 3.13. The summed E-state index contributed by atoms with van der Waals surface area (Å²) in [6, 6.07) is 10.6. The summed E-state index contributed by atoms with van der Waals surface area (Å²) in [5.41, 5.74) is 1.65. The van der Waals surface area contributed by atoms with Crippen molar-refractivity contribution in [3.63, 3.8) is 0 Å².